The van der Waals surface area contributed by atoms with Crippen LogP contribution >= 0.6 is 0 Å². The number of aromatic nitrogens is 1. The minimum absolute atomic E-state index is 0.0554. The zero-order chi connectivity index (χ0) is 15.2. The van der Waals surface area contributed by atoms with Gasteiger partial charge in [0.2, 0.25) is 10.0 Å². The molecule has 0 atom stereocenters. The highest BCUT2D eigenvalue weighted by Crippen LogP contribution is 2.12. The molecule has 1 rings (SSSR count). The van der Waals surface area contributed by atoms with Gasteiger partial charge in [0.1, 0.15) is 0 Å². The molecule has 1 heterocycles. The van der Waals surface area contributed by atoms with Crippen LogP contribution in [0.25, 0.3) is 0 Å². The molecule has 0 fully saturated rings. The number of carbonyl (C=O) groups excluding carboxylic acids is 1. The molecule has 112 valence electrons. The van der Waals surface area contributed by atoms with Crippen molar-refractivity contribution in [3.05, 3.63) is 24.0 Å². The van der Waals surface area contributed by atoms with Crippen LogP contribution in [0, 0.1) is 0 Å². The summed E-state index contributed by atoms with van der Waals surface area (Å²) in [5, 5.41) is 5.64. The lowest BCUT2D eigenvalue weighted by atomic mass is 10.2. The van der Waals surface area contributed by atoms with Crippen molar-refractivity contribution in [2.45, 2.75) is 6.92 Å². The number of pyridine rings is 1. The maximum absolute atomic E-state index is 12.0. The van der Waals surface area contributed by atoms with Crippen LogP contribution in [0.5, 0.6) is 0 Å². The molecule has 0 aromatic carbocycles. The van der Waals surface area contributed by atoms with Gasteiger partial charge < -0.3 is 10.6 Å². The molecule has 1 amide bonds. The predicted octanol–water partition coefficient (Wildman–Crippen LogP) is 0.135. The molecule has 1 aromatic heterocycles. The lowest BCUT2D eigenvalue weighted by Gasteiger charge is -2.13. The summed E-state index contributed by atoms with van der Waals surface area (Å²) in [7, 11) is -0.389. The number of rotatable bonds is 7. The zero-order valence-corrected chi connectivity index (χ0v) is 12.7. The molecule has 0 aliphatic carbocycles. The number of nitrogens with zero attached hydrogens (tertiary/aromatic N) is 2. The Kier molecular flexibility index (Phi) is 5.90. The summed E-state index contributed by atoms with van der Waals surface area (Å²) in [5.74, 6) is -0.481. The van der Waals surface area contributed by atoms with Crippen molar-refractivity contribution >= 4 is 21.6 Å². The smallest absolute Gasteiger partial charge is 0.254 e. The first kappa shape index (κ1) is 16.4. The fraction of sp³-hybridized carbons (Fsp3) is 0.500. The second kappa shape index (κ2) is 7.20. The van der Waals surface area contributed by atoms with Crippen LogP contribution in [-0.2, 0) is 10.0 Å². The molecular weight excluding hydrogens is 280 g/mol. The molecular formula is C12H20N4O3S. The maximum Gasteiger partial charge on any atom is 0.254 e. The quantitative estimate of drug-likeness (QED) is 0.747. The van der Waals surface area contributed by atoms with E-state index in [1.165, 1.54) is 20.3 Å². The summed E-state index contributed by atoms with van der Waals surface area (Å²) >= 11 is 0. The summed E-state index contributed by atoms with van der Waals surface area (Å²) < 4.78 is 24.3. The van der Waals surface area contributed by atoms with Gasteiger partial charge in [-0.1, -0.05) is 0 Å². The summed E-state index contributed by atoms with van der Waals surface area (Å²) in [6, 6.07) is 1.70. The summed E-state index contributed by atoms with van der Waals surface area (Å²) in [6.45, 7) is 2.66. The van der Waals surface area contributed by atoms with E-state index in [1.807, 2.05) is 6.92 Å². The highest BCUT2D eigenvalue weighted by Gasteiger charge is 2.15. The minimum atomic E-state index is -3.31. The predicted molar refractivity (Wildman–Crippen MR) is 78.2 cm³/mol. The third-order valence-electron chi connectivity index (χ3n) is 2.63. The third kappa shape index (κ3) is 4.46. The molecule has 2 N–H and O–H groups in total. The van der Waals surface area contributed by atoms with Crippen LogP contribution in [0.3, 0.4) is 0 Å². The van der Waals surface area contributed by atoms with E-state index in [4.69, 9.17) is 0 Å². The molecule has 20 heavy (non-hydrogen) atoms. The first-order valence-electron chi connectivity index (χ1n) is 6.24. The molecule has 1 aromatic rings. The normalized spacial score (nSPS) is 11.4. The van der Waals surface area contributed by atoms with Gasteiger partial charge in [0.05, 0.1) is 17.0 Å². The molecule has 0 spiro atoms. The monoisotopic (exact) mass is 300 g/mol. The molecule has 0 saturated heterocycles. The third-order valence-corrected chi connectivity index (χ3v) is 4.47. The topological polar surface area (TPSA) is 91.4 Å². The van der Waals surface area contributed by atoms with Gasteiger partial charge in [0, 0.05) is 39.6 Å². The fourth-order valence-corrected chi connectivity index (χ4v) is 2.22. The number of anilines is 1. The Morgan fingerprint density at radius 3 is 2.70 bits per heavy atom. The highest BCUT2D eigenvalue weighted by atomic mass is 32.2. The van der Waals surface area contributed by atoms with Crippen molar-refractivity contribution in [1.82, 2.24) is 14.6 Å². The number of sulfonamides is 1. The van der Waals surface area contributed by atoms with Crippen molar-refractivity contribution in [1.29, 1.82) is 0 Å². The van der Waals surface area contributed by atoms with E-state index >= 15 is 0 Å². The van der Waals surface area contributed by atoms with Crippen LogP contribution in [0.2, 0.25) is 0 Å². The van der Waals surface area contributed by atoms with E-state index in [-0.39, 0.29) is 18.2 Å². The summed E-state index contributed by atoms with van der Waals surface area (Å²) in [4.78, 5) is 15.9. The SMILES string of the molecule is CCNc1ccncc1C(=O)NCCS(=O)(=O)N(C)C. The van der Waals surface area contributed by atoms with E-state index in [2.05, 4.69) is 15.6 Å². The second-order valence-corrected chi connectivity index (χ2v) is 6.61. The minimum Gasteiger partial charge on any atom is -0.385 e. The molecule has 0 aliphatic heterocycles. The van der Waals surface area contributed by atoms with E-state index in [9.17, 15) is 13.2 Å². The van der Waals surface area contributed by atoms with Gasteiger partial charge in [-0.2, -0.15) is 0 Å². The molecule has 0 saturated carbocycles. The van der Waals surface area contributed by atoms with Crippen molar-refractivity contribution in [3.63, 3.8) is 0 Å². The zero-order valence-electron chi connectivity index (χ0n) is 11.9. The van der Waals surface area contributed by atoms with Gasteiger partial charge in [-0.3, -0.25) is 9.78 Å². The average Bonchev–Trinajstić information content (AvgIpc) is 2.39. The molecule has 0 aliphatic rings. The molecule has 7 nitrogen and oxygen atoms in total. The Bertz CT molecular complexity index is 558. The molecule has 0 radical (unpaired) electrons. The number of hydrogen-bond acceptors (Lipinski definition) is 5. The van der Waals surface area contributed by atoms with E-state index in [0.717, 1.165) is 4.31 Å². The first-order valence-corrected chi connectivity index (χ1v) is 7.85. The van der Waals surface area contributed by atoms with Crippen molar-refractivity contribution in [2.24, 2.45) is 0 Å². The van der Waals surface area contributed by atoms with Crippen LogP contribution in [0.4, 0.5) is 5.69 Å². The Morgan fingerprint density at radius 1 is 1.40 bits per heavy atom. The highest BCUT2D eigenvalue weighted by molar-refractivity contribution is 7.89. The van der Waals surface area contributed by atoms with E-state index < -0.39 is 10.0 Å². The molecule has 8 heteroatoms. The first-order chi connectivity index (χ1) is 9.38. The van der Waals surface area contributed by atoms with Crippen LogP contribution in [0.15, 0.2) is 18.5 Å². The Hall–Kier alpha value is -1.67. The van der Waals surface area contributed by atoms with Gasteiger partial charge in [-0.25, -0.2) is 12.7 Å². The van der Waals surface area contributed by atoms with Gasteiger partial charge in [0.25, 0.3) is 5.91 Å². The van der Waals surface area contributed by atoms with Gasteiger partial charge in [-0.05, 0) is 13.0 Å². The number of amides is 1. The Morgan fingerprint density at radius 2 is 2.10 bits per heavy atom. The van der Waals surface area contributed by atoms with Gasteiger partial charge in [0.15, 0.2) is 0 Å². The molecule has 0 bridgehead atoms. The fourth-order valence-electron chi connectivity index (χ4n) is 1.49. The van der Waals surface area contributed by atoms with E-state index in [0.29, 0.717) is 17.8 Å². The van der Waals surface area contributed by atoms with Gasteiger partial charge >= 0.3 is 0 Å². The lowest BCUT2D eigenvalue weighted by molar-refractivity contribution is 0.0956. The van der Waals surface area contributed by atoms with Crippen LogP contribution in [0.1, 0.15) is 17.3 Å². The van der Waals surface area contributed by atoms with Crippen molar-refractivity contribution in [3.8, 4) is 0 Å². The molecule has 0 unspecified atom stereocenters. The summed E-state index contributed by atoms with van der Waals surface area (Å²) in [6.07, 6.45) is 3.04. The number of hydrogen-bond donors (Lipinski definition) is 2. The summed E-state index contributed by atoms with van der Waals surface area (Å²) in [5.41, 5.74) is 1.08. The average molecular weight is 300 g/mol. The largest absolute Gasteiger partial charge is 0.385 e. The van der Waals surface area contributed by atoms with Gasteiger partial charge in [-0.15, -0.1) is 0 Å². The van der Waals surface area contributed by atoms with E-state index in [1.54, 1.807) is 12.3 Å². The standard InChI is InChI=1S/C12H20N4O3S/c1-4-14-11-5-6-13-9-10(11)12(17)15-7-8-20(18,19)16(2)3/h5-6,9H,4,7-8H2,1-3H3,(H,13,14)(H,15,17). The lowest BCUT2D eigenvalue weighted by Crippen LogP contribution is -2.34. The van der Waals surface area contributed by atoms with Crippen LogP contribution < -0.4 is 10.6 Å². The number of carbonyl (C=O) groups is 1. The van der Waals surface area contributed by atoms with Crippen molar-refractivity contribution < 1.29 is 13.2 Å². The van der Waals surface area contributed by atoms with Crippen LogP contribution in [-0.4, -0.2) is 56.6 Å². The Labute approximate surface area is 119 Å². The number of nitrogens with one attached hydrogen (secondary N) is 2. The maximum atomic E-state index is 12.0. The Balaban J connectivity index is 2.64. The van der Waals surface area contributed by atoms with Crippen molar-refractivity contribution in [2.75, 3.05) is 38.3 Å². The second-order valence-electron chi connectivity index (χ2n) is 4.31.